The summed E-state index contributed by atoms with van der Waals surface area (Å²) >= 11 is 4.37. The van der Waals surface area contributed by atoms with Crippen LogP contribution in [0.2, 0.25) is 0 Å². The van der Waals surface area contributed by atoms with Gasteiger partial charge in [-0.3, -0.25) is 0 Å². The van der Waals surface area contributed by atoms with E-state index in [1.54, 1.807) is 0 Å². The van der Waals surface area contributed by atoms with E-state index in [1.807, 2.05) is 11.3 Å². The van der Waals surface area contributed by atoms with Crippen molar-refractivity contribution in [2.24, 2.45) is 0 Å². The second kappa shape index (κ2) is 5.36. The van der Waals surface area contributed by atoms with E-state index in [0.717, 1.165) is 0 Å². The maximum absolute atomic E-state index is 2.52. The van der Waals surface area contributed by atoms with E-state index in [2.05, 4.69) is 102 Å². The van der Waals surface area contributed by atoms with Crippen LogP contribution in [0.4, 0.5) is 0 Å². The Balaban J connectivity index is 2.06. The SMILES string of the molecule is CC1(c2cccs2)C(c2ccccc2)=C(I)c2ccccc21. The van der Waals surface area contributed by atoms with Crippen molar-refractivity contribution in [3.05, 3.63) is 93.7 Å². The number of allylic oxidation sites excluding steroid dienone is 1. The van der Waals surface area contributed by atoms with Gasteiger partial charge in [-0.1, -0.05) is 60.7 Å². The molecule has 2 aromatic carbocycles. The van der Waals surface area contributed by atoms with Crippen molar-refractivity contribution in [3.8, 4) is 0 Å². The van der Waals surface area contributed by atoms with Gasteiger partial charge in [0.2, 0.25) is 0 Å². The summed E-state index contributed by atoms with van der Waals surface area (Å²) in [5.74, 6) is 0. The normalized spacial score (nSPS) is 20.3. The van der Waals surface area contributed by atoms with Crippen LogP contribution in [0.5, 0.6) is 0 Å². The number of rotatable bonds is 2. The van der Waals surface area contributed by atoms with Crippen LogP contribution in [0, 0.1) is 0 Å². The highest BCUT2D eigenvalue weighted by Crippen LogP contribution is 2.57. The maximum atomic E-state index is 2.52. The van der Waals surface area contributed by atoms with Gasteiger partial charge in [0.1, 0.15) is 0 Å². The lowest BCUT2D eigenvalue weighted by Gasteiger charge is -2.29. The third kappa shape index (κ3) is 1.94. The molecule has 1 aliphatic carbocycles. The number of thiophene rings is 1. The van der Waals surface area contributed by atoms with Crippen molar-refractivity contribution >= 4 is 43.1 Å². The average molecular weight is 414 g/mol. The van der Waals surface area contributed by atoms with Gasteiger partial charge in [-0.05, 0) is 63.2 Å². The van der Waals surface area contributed by atoms with E-state index >= 15 is 0 Å². The van der Waals surface area contributed by atoms with E-state index in [4.69, 9.17) is 0 Å². The van der Waals surface area contributed by atoms with Gasteiger partial charge in [-0.2, -0.15) is 0 Å². The van der Waals surface area contributed by atoms with Crippen LogP contribution in [0.1, 0.15) is 28.5 Å². The molecule has 22 heavy (non-hydrogen) atoms. The van der Waals surface area contributed by atoms with E-state index in [9.17, 15) is 0 Å². The summed E-state index contributed by atoms with van der Waals surface area (Å²) in [6, 6.07) is 24.0. The fraction of sp³-hybridized carbons (Fsp3) is 0.100. The molecule has 0 N–H and O–H groups in total. The van der Waals surface area contributed by atoms with Gasteiger partial charge < -0.3 is 0 Å². The summed E-state index contributed by atoms with van der Waals surface area (Å²) < 4.78 is 1.37. The first-order valence-electron chi connectivity index (χ1n) is 7.32. The lowest BCUT2D eigenvalue weighted by molar-refractivity contribution is 0.778. The predicted molar refractivity (Wildman–Crippen MR) is 104 cm³/mol. The third-order valence-electron chi connectivity index (χ3n) is 4.50. The molecule has 1 unspecified atom stereocenters. The summed E-state index contributed by atoms with van der Waals surface area (Å²) in [6.45, 7) is 2.37. The second-order valence-electron chi connectivity index (χ2n) is 5.70. The molecule has 1 aliphatic rings. The largest absolute Gasteiger partial charge is 0.148 e. The monoisotopic (exact) mass is 414 g/mol. The number of halogens is 1. The summed E-state index contributed by atoms with van der Waals surface area (Å²) in [7, 11) is 0. The van der Waals surface area contributed by atoms with Crippen molar-refractivity contribution in [3.63, 3.8) is 0 Å². The van der Waals surface area contributed by atoms with Gasteiger partial charge in [0.25, 0.3) is 0 Å². The zero-order valence-electron chi connectivity index (χ0n) is 12.2. The fourth-order valence-corrected chi connectivity index (χ4v) is 5.67. The molecule has 0 nitrogen and oxygen atoms in total. The summed E-state index contributed by atoms with van der Waals surface area (Å²) in [4.78, 5) is 1.41. The molecule has 1 atom stereocenters. The Kier molecular flexibility index (Phi) is 3.46. The Bertz CT molecular complexity index is 846. The Labute approximate surface area is 148 Å². The van der Waals surface area contributed by atoms with E-state index in [-0.39, 0.29) is 5.41 Å². The predicted octanol–water partition coefficient (Wildman–Crippen LogP) is 6.37. The molecule has 0 radical (unpaired) electrons. The van der Waals surface area contributed by atoms with E-state index in [1.165, 1.54) is 30.7 Å². The highest BCUT2D eigenvalue weighted by molar-refractivity contribution is 14.1. The van der Waals surface area contributed by atoms with Crippen LogP contribution in [-0.4, -0.2) is 0 Å². The molecule has 2 heteroatoms. The molecule has 0 amide bonds. The van der Waals surface area contributed by atoms with Crippen molar-refractivity contribution < 1.29 is 0 Å². The third-order valence-corrected chi connectivity index (χ3v) is 6.71. The fourth-order valence-electron chi connectivity index (χ4n) is 3.44. The quantitative estimate of drug-likeness (QED) is 0.428. The topological polar surface area (TPSA) is 0 Å². The maximum Gasteiger partial charge on any atom is 0.0539 e. The van der Waals surface area contributed by atoms with Gasteiger partial charge in [-0.25, -0.2) is 0 Å². The zero-order valence-corrected chi connectivity index (χ0v) is 15.2. The minimum absolute atomic E-state index is 0.0668. The van der Waals surface area contributed by atoms with Crippen molar-refractivity contribution in [2.75, 3.05) is 0 Å². The molecule has 0 spiro atoms. The van der Waals surface area contributed by atoms with Crippen LogP contribution >= 0.6 is 33.9 Å². The average Bonchev–Trinajstić information content (AvgIpc) is 3.17. The lowest BCUT2D eigenvalue weighted by Crippen LogP contribution is -2.21. The lowest BCUT2D eigenvalue weighted by atomic mass is 9.75. The first-order chi connectivity index (χ1) is 10.7. The molecule has 0 aliphatic heterocycles. The Morgan fingerprint density at radius 3 is 2.32 bits per heavy atom. The molecule has 0 saturated carbocycles. The molecule has 0 saturated heterocycles. The molecule has 4 rings (SSSR count). The molecule has 3 aromatic rings. The molecular formula is C20H15IS. The van der Waals surface area contributed by atoms with Crippen molar-refractivity contribution in [1.29, 1.82) is 0 Å². The van der Waals surface area contributed by atoms with E-state index in [0.29, 0.717) is 0 Å². The summed E-state index contributed by atoms with van der Waals surface area (Å²) in [5, 5.41) is 2.18. The molecule has 108 valence electrons. The highest BCUT2D eigenvalue weighted by Gasteiger charge is 2.43. The molecule has 0 fully saturated rings. The summed E-state index contributed by atoms with van der Waals surface area (Å²) in [5.41, 5.74) is 5.47. The van der Waals surface area contributed by atoms with Gasteiger partial charge in [-0.15, -0.1) is 11.3 Å². The van der Waals surface area contributed by atoms with Crippen LogP contribution in [0.25, 0.3) is 9.15 Å². The van der Waals surface area contributed by atoms with Gasteiger partial charge in [0.05, 0.1) is 5.41 Å². The first-order valence-corrected chi connectivity index (χ1v) is 9.28. The molecular weight excluding hydrogens is 399 g/mol. The number of fused-ring (bicyclic) bond motifs is 1. The van der Waals surface area contributed by atoms with Gasteiger partial charge in [0.15, 0.2) is 0 Å². The zero-order chi connectivity index (χ0) is 15.2. The Morgan fingerprint density at radius 2 is 1.59 bits per heavy atom. The molecule has 1 aromatic heterocycles. The Hall–Kier alpha value is -1.39. The van der Waals surface area contributed by atoms with Crippen LogP contribution in [0.15, 0.2) is 72.1 Å². The number of benzene rings is 2. The standard InChI is InChI=1S/C20H15IS/c1-20(17-12-7-13-22-17)16-11-6-5-10-15(16)19(21)18(20)14-8-3-2-4-9-14/h2-13H,1H3. The summed E-state index contributed by atoms with van der Waals surface area (Å²) in [6.07, 6.45) is 0. The van der Waals surface area contributed by atoms with Crippen LogP contribution < -0.4 is 0 Å². The number of hydrogen-bond acceptors (Lipinski definition) is 1. The molecule has 1 heterocycles. The first kappa shape index (κ1) is 14.2. The van der Waals surface area contributed by atoms with Crippen LogP contribution in [0.3, 0.4) is 0 Å². The molecule has 0 bridgehead atoms. The van der Waals surface area contributed by atoms with E-state index < -0.39 is 0 Å². The smallest absolute Gasteiger partial charge is 0.0539 e. The van der Waals surface area contributed by atoms with Gasteiger partial charge in [0, 0.05) is 8.46 Å². The Morgan fingerprint density at radius 1 is 0.864 bits per heavy atom. The number of hydrogen-bond donors (Lipinski definition) is 0. The second-order valence-corrected chi connectivity index (χ2v) is 7.73. The van der Waals surface area contributed by atoms with Gasteiger partial charge >= 0.3 is 0 Å². The van der Waals surface area contributed by atoms with Crippen LogP contribution in [-0.2, 0) is 5.41 Å². The van der Waals surface area contributed by atoms with Crippen molar-refractivity contribution in [2.45, 2.75) is 12.3 Å². The minimum Gasteiger partial charge on any atom is -0.148 e. The van der Waals surface area contributed by atoms with Crippen molar-refractivity contribution in [1.82, 2.24) is 0 Å². The highest BCUT2D eigenvalue weighted by atomic mass is 127. The minimum atomic E-state index is -0.0668.